The maximum Gasteiger partial charge on any atom is 0.306 e. The van der Waals surface area contributed by atoms with Gasteiger partial charge in [-0.15, -0.1) is 0 Å². The summed E-state index contributed by atoms with van der Waals surface area (Å²) in [6.45, 7) is 4.50. The van der Waals surface area contributed by atoms with Crippen molar-refractivity contribution in [1.29, 1.82) is 0 Å². The first-order chi connectivity index (χ1) is 11.0. The van der Waals surface area contributed by atoms with E-state index in [0.29, 0.717) is 5.92 Å². The van der Waals surface area contributed by atoms with Gasteiger partial charge in [-0.25, -0.2) is 0 Å². The molecule has 126 valence electrons. The molecular weight excluding hydrogens is 288 g/mol. The average molecular weight is 316 g/mol. The van der Waals surface area contributed by atoms with Crippen molar-refractivity contribution < 1.29 is 14.6 Å². The topological polar surface area (TPSA) is 46.5 Å². The first kappa shape index (κ1) is 16.4. The van der Waals surface area contributed by atoms with Gasteiger partial charge in [0.25, 0.3) is 0 Å². The van der Waals surface area contributed by atoms with Crippen LogP contribution in [-0.2, 0) is 11.2 Å². The molecule has 4 atom stereocenters. The van der Waals surface area contributed by atoms with Gasteiger partial charge in [-0.2, -0.15) is 0 Å². The third-order valence-electron chi connectivity index (χ3n) is 5.83. The van der Waals surface area contributed by atoms with Crippen molar-refractivity contribution >= 4 is 5.97 Å². The summed E-state index contributed by atoms with van der Waals surface area (Å²) in [7, 11) is 0. The fourth-order valence-electron chi connectivity index (χ4n) is 3.98. The van der Waals surface area contributed by atoms with E-state index in [9.17, 15) is 9.90 Å². The van der Waals surface area contributed by atoms with Crippen molar-refractivity contribution in [2.45, 2.75) is 64.9 Å². The molecule has 23 heavy (non-hydrogen) atoms. The number of rotatable bonds is 6. The van der Waals surface area contributed by atoms with E-state index >= 15 is 0 Å². The van der Waals surface area contributed by atoms with Crippen LogP contribution in [0.5, 0.6) is 5.75 Å². The molecule has 1 aromatic rings. The average Bonchev–Trinajstić information content (AvgIpc) is 3.19. The second-order valence-electron chi connectivity index (χ2n) is 7.67. The predicted molar refractivity (Wildman–Crippen MR) is 90.7 cm³/mol. The number of carbonyl (C=O) groups is 1. The Morgan fingerprint density at radius 2 is 2.09 bits per heavy atom. The molecule has 0 amide bonds. The van der Waals surface area contributed by atoms with Gasteiger partial charge in [0.1, 0.15) is 11.9 Å². The molecule has 0 saturated heterocycles. The van der Waals surface area contributed by atoms with Crippen molar-refractivity contribution in [3.63, 3.8) is 0 Å². The Labute approximate surface area is 139 Å². The minimum absolute atomic E-state index is 0.136. The smallest absolute Gasteiger partial charge is 0.306 e. The maximum atomic E-state index is 11.2. The van der Waals surface area contributed by atoms with Crippen LogP contribution in [0, 0.1) is 17.3 Å². The molecule has 1 aromatic carbocycles. The van der Waals surface area contributed by atoms with E-state index in [-0.39, 0.29) is 17.4 Å². The van der Waals surface area contributed by atoms with Crippen molar-refractivity contribution in [1.82, 2.24) is 0 Å². The molecule has 3 rings (SSSR count). The largest absolute Gasteiger partial charge is 0.490 e. The van der Waals surface area contributed by atoms with Crippen LogP contribution in [0.3, 0.4) is 0 Å². The number of ether oxygens (including phenoxy) is 1. The second-order valence-corrected chi connectivity index (χ2v) is 7.67. The van der Waals surface area contributed by atoms with Gasteiger partial charge in [-0.1, -0.05) is 38.8 Å². The molecule has 1 unspecified atom stereocenters. The highest BCUT2D eigenvalue weighted by Crippen LogP contribution is 2.59. The highest BCUT2D eigenvalue weighted by molar-refractivity contribution is 5.70. The minimum atomic E-state index is -0.635. The molecule has 2 fully saturated rings. The normalized spacial score (nSPS) is 30.9. The lowest BCUT2D eigenvalue weighted by Gasteiger charge is -2.27. The molecule has 3 heteroatoms. The van der Waals surface area contributed by atoms with E-state index in [0.717, 1.165) is 44.3 Å². The molecule has 0 aliphatic heterocycles. The molecule has 2 aliphatic rings. The first-order valence-electron chi connectivity index (χ1n) is 9.01. The summed E-state index contributed by atoms with van der Waals surface area (Å²) in [6.07, 6.45) is 7.31. The molecule has 1 N–H and O–H groups in total. The van der Waals surface area contributed by atoms with Crippen LogP contribution in [-0.4, -0.2) is 17.2 Å². The Morgan fingerprint density at radius 3 is 2.74 bits per heavy atom. The van der Waals surface area contributed by atoms with Gasteiger partial charge in [0.05, 0.1) is 5.92 Å². The zero-order valence-electron chi connectivity index (χ0n) is 14.3. The van der Waals surface area contributed by atoms with E-state index in [1.54, 1.807) is 0 Å². The lowest BCUT2D eigenvalue weighted by molar-refractivity contribution is -0.143. The number of benzene rings is 1. The summed E-state index contributed by atoms with van der Waals surface area (Å²) in [5, 5.41) is 9.26. The molecule has 3 nitrogen and oxygen atoms in total. The van der Waals surface area contributed by atoms with Crippen molar-refractivity contribution in [3.8, 4) is 5.75 Å². The summed E-state index contributed by atoms with van der Waals surface area (Å²) in [5.41, 5.74) is 1.50. The van der Waals surface area contributed by atoms with Gasteiger partial charge in [0, 0.05) is 5.41 Å². The van der Waals surface area contributed by atoms with Gasteiger partial charge in [-0.05, 0) is 55.7 Å². The Bertz CT molecular complexity index is 551. The molecule has 1 spiro atoms. The SMILES string of the molecule is CCC(C)Cc1ccc(O[C@H]2C[C@@]23CCC[C@H](C(=O)O)C3)cc1. The van der Waals surface area contributed by atoms with Crippen molar-refractivity contribution in [3.05, 3.63) is 29.8 Å². The third-order valence-corrected chi connectivity index (χ3v) is 5.83. The predicted octanol–water partition coefficient (Wildman–Crippen LogP) is 4.69. The fraction of sp³-hybridized carbons (Fsp3) is 0.650. The van der Waals surface area contributed by atoms with Crippen LogP contribution in [0.15, 0.2) is 24.3 Å². The molecule has 2 aliphatic carbocycles. The minimum Gasteiger partial charge on any atom is -0.490 e. The third kappa shape index (κ3) is 3.70. The first-order valence-corrected chi connectivity index (χ1v) is 9.01. The van der Waals surface area contributed by atoms with Crippen LogP contribution in [0.25, 0.3) is 0 Å². The lowest BCUT2D eigenvalue weighted by Crippen LogP contribution is -2.26. The molecular formula is C20H28O3. The summed E-state index contributed by atoms with van der Waals surface area (Å²) in [4.78, 5) is 11.2. The van der Waals surface area contributed by atoms with Gasteiger partial charge >= 0.3 is 5.97 Å². The van der Waals surface area contributed by atoms with Crippen LogP contribution in [0.1, 0.15) is 57.9 Å². The Kier molecular flexibility index (Phi) is 4.65. The molecule has 0 aromatic heterocycles. The quantitative estimate of drug-likeness (QED) is 0.828. The lowest BCUT2D eigenvalue weighted by atomic mass is 9.79. The van der Waals surface area contributed by atoms with E-state index in [1.807, 2.05) is 0 Å². The zero-order chi connectivity index (χ0) is 16.4. The molecule has 0 radical (unpaired) electrons. The number of aliphatic carboxylic acids is 1. The van der Waals surface area contributed by atoms with Crippen LogP contribution in [0.4, 0.5) is 0 Å². The summed E-state index contributed by atoms with van der Waals surface area (Å²) in [6, 6.07) is 8.47. The number of carboxylic acids is 1. The monoisotopic (exact) mass is 316 g/mol. The van der Waals surface area contributed by atoms with Gasteiger partial charge < -0.3 is 9.84 Å². The van der Waals surface area contributed by atoms with Gasteiger partial charge in [0.15, 0.2) is 0 Å². The van der Waals surface area contributed by atoms with Crippen LogP contribution in [0.2, 0.25) is 0 Å². The van der Waals surface area contributed by atoms with Crippen LogP contribution < -0.4 is 4.74 Å². The Morgan fingerprint density at radius 1 is 1.35 bits per heavy atom. The van der Waals surface area contributed by atoms with E-state index in [2.05, 4.69) is 38.1 Å². The van der Waals surface area contributed by atoms with Gasteiger partial charge in [0.2, 0.25) is 0 Å². The standard InChI is InChI=1S/C20H28O3/c1-3-14(2)11-15-6-8-17(9-7-15)23-18-13-20(18)10-4-5-16(12-20)19(21)22/h6-9,14,16,18H,3-5,10-13H2,1-2H3,(H,21,22)/t14?,16-,18-,20-/m0/s1. The van der Waals surface area contributed by atoms with Gasteiger partial charge in [-0.3, -0.25) is 4.79 Å². The van der Waals surface area contributed by atoms with Crippen molar-refractivity contribution in [2.75, 3.05) is 0 Å². The molecule has 2 saturated carbocycles. The second kappa shape index (κ2) is 6.54. The Hall–Kier alpha value is -1.51. The molecule has 0 heterocycles. The highest BCUT2D eigenvalue weighted by atomic mass is 16.5. The van der Waals surface area contributed by atoms with E-state index in [4.69, 9.17) is 4.74 Å². The van der Waals surface area contributed by atoms with Crippen LogP contribution >= 0.6 is 0 Å². The Balaban J connectivity index is 1.56. The highest BCUT2D eigenvalue weighted by Gasteiger charge is 2.58. The number of hydrogen-bond acceptors (Lipinski definition) is 2. The van der Waals surface area contributed by atoms with E-state index in [1.165, 1.54) is 12.0 Å². The summed E-state index contributed by atoms with van der Waals surface area (Å²) < 4.78 is 6.14. The summed E-state index contributed by atoms with van der Waals surface area (Å²) >= 11 is 0. The maximum absolute atomic E-state index is 11.2. The fourth-order valence-corrected chi connectivity index (χ4v) is 3.98. The van der Waals surface area contributed by atoms with Crippen molar-refractivity contribution in [2.24, 2.45) is 17.3 Å². The molecule has 0 bridgehead atoms. The zero-order valence-corrected chi connectivity index (χ0v) is 14.3. The number of carboxylic acid groups (broad SMARTS) is 1. The summed E-state index contributed by atoms with van der Waals surface area (Å²) in [5.74, 6) is 0.834. The number of hydrogen-bond donors (Lipinski definition) is 1. The van der Waals surface area contributed by atoms with E-state index < -0.39 is 5.97 Å².